The first-order valence-electron chi connectivity index (χ1n) is 9.61. The summed E-state index contributed by atoms with van der Waals surface area (Å²) in [5.41, 5.74) is 2.38. The van der Waals surface area contributed by atoms with Crippen molar-refractivity contribution < 1.29 is 28.6 Å². The number of hydrogen-bond donors (Lipinski definition) is 0. The Balaban J connectivity index is 2.30. The summed E-state index contributed by atoms with van der Waals surface area (Å²) < 4.78 is 16.9. The number of hydrogen-bond acceptors (Lipinski definition) is 6. The normalized spacial score (nSPS) is 18.3. The molecule has 3 atom stereocenters. The van der Waals surface area contributed by atoms with Gasteiger partial charge < -0.3 is 14.2 Å². The molecule has 1 aromatic carbocycles. The number of rotatable bonds is 8. The zero-order valence-corrected chi connectivity index (χ0v) is 17.6. The van der Waals surface area contributed by atoms with Crippen LogP contribution in [-0.4, -0.2) is 24.3 Å². The van der Waals surface area contributed by atoms with E-state index in [-0.39, 0.29) is 23.9 Å². The minimum Gasteiger partial charge on any atom is -0.481 e. The predicted octanol–water partition coefficient (Wildman–Crippen LogP) is 4.40. The summed E-state index contributed by atoms with van der Waals surface area (Å²) in [7, 11) is 0. The Morgan fingerprint density at radius 3 is 2.52 bits per heavy atom. The van der Waals surface area contributed by atoms with E-state index in [1.54, 1.807) is 25.1 Å². The second-order valence-corrected chi connectivity index (χ2v) is 7.84. The molecule has 0 spiro atoms. The second kappa shape index (κ2) is 9.54. The summed E-state index contributed by atoms with van der Waals surface area (Å²) in [4.78, 5) is 35.4. The van der Waals surface area contributed by atoms with E-state index in [0.717, 1.165) is 11.1 Å². The molecule has 1 aromatic rings. The summed E-state index contributed by atoms with van der Waals surface area (Å²) in [5.74, 6) is -0.162. The number of fused-ring (bicyclic) bond motifs is 1. The maximum absolute atomic E-state index is 12.3. The van der Waals surface area contributed by atoms with Crippen LogP contribution in [0.2, 0.25) is 0 Å². The minimum atomic E-state index is -0.783. The largest absolute Gasteiger partial charge is 0.481 e. The third kappa shape index (κ3) is 5.79. The number of ether oxygens (including phenoxy) is 3. The van der Waals surface area contributed by atoms with Crippen LogP contribution in [0.25, 0.3) is 0 Å². The summed E-state index contributed by atoms with van der Waals surface area (Å²) in [6.07, 6.45) is 0.205. The van der Waals surface area contributed by atoms with Crippen molar-refractivity contribution >= 4 is 18.2 Å². The molecule has 0 saturated carbocycles. The average Bonchev–Trinajstić information content (AvgIpc) is 2.97. The van der Waals surface area contributed by atoms with Crippen molar-refractivity contribution in [3.8, 4) is 5.75 Å². The first-order valence-corrected chi connectivity index (χ1v) is 9.61. The van der Waals surface area contributed by atoms with Crippen LogP contribution in [0.5, 0.6) is 5.75 Å². The lowest BCUT2D eigenvalue weighted by molar-refractivity contribution is -0.153. The number of aldehydes is 1. The van der Waals surface area contributed by atoms with Crippen LogP contribution in [0.1, 0.15) is 64.4 Å². The Morgan fingerprint density at radius 2 is 1.93 bits per heavy atom. The number of allylic oxidation sites excluding steroid dienone is 1. The van der Waals surface area contributed by atoms with E-state index in [0.29, 0.717) is 17.6 Å². The molecule has 2 rings (SSSR count). The maximum Gasteiger partial charge on any atom is 0.331 e. The van der Waals surface area contributed by atoms with Gasteiger partial charge in [-0.25, -0.2) is 4.79 Å². The smallest absolute Gasteiger partial charge is 0.331 e. The van der Waals surface area contributed by atoms with E-state index in [9.17, 15) is 14.4 Å². The topological polar surface area (TPSA) is 78.9 Å². The molecule has 6 heteroatoms. The van der Waals surface area contributed by atoms with Crippen LogP contribution < -0.4 is 4.74 Å². The lowest BCUT2D eigenvalue weighted by Gasteiger charge is -2.20. The molecule has 1 aliphatic rings. The molecular formula is C23H28O6. The average molecular weight is 400 g/mol. The summed E-state index contributed by atoms with van der Waals surface area (Å²) in [5, 5.41) is 0. The van der Waals surface area contributed by atoms with Crippen LogP contribution in [-0.2, 0) is 23.9 Å². The van der Waals surface area contributed by atoms with Gasteiger partial charge in [-0.05, 0) is 44.4 Å². The lowest BCUT2D eigenvalue weighted by Crippen LogP contribution is -2.26. The number of carbonyl (C=O) groups is 3. The van der Waals surface area contributed by atoms with Crippen molar-refractivity contribution in [2.75, 3.05) is 0 Å². The van der Waals surface area contributed by atoms with Gasteiger partial charge in [-0.3, -0.25) is 9.59 Å². The van der Waals surface area contributed by atoms with Gasteiger partial charge in [0.15, 0.2) is 12.2 Å². The predicted molar refractivity (Wildman–Crippen MR) is 108 cm³/mol. The molecule has 0 aliphatic carbocycles. The highest BCUT2D eigenvalue weighted by Gasteiger charge is 2.39. The first-order chi connectivity index (χ1) is 13.6. The molecular weight excluding hydrogens is 372 g/mol. The zero-order chi connectivity index (χ0) is 21.7. The van der Waals surface area contributed by atoms with Gasteiger partial charge in [-0.1, -0.05) is 32.1 Å². The highest BCUT2D eigenvalue weighted by atomic mass is 16.6. The van der Waals surface area contributed by atoms with Gasteiger partial charge in [0.1, 0.15) is 18.1 Å². The summed E-state index contributed by atoms with van der Waals surface area (Å²) >= 11 is 0. The molecule has 156 valence electrons. The molecule has 0 fully saturated rings. The van der Waals surface area contributed by atoms with Gasteiger partial charge in [0.2, 0.25) is 0 Å². The molecule has 3 unspecified atom stereocenters. The first kappa shape index (κ1) is 22.4. The highest BCUT2D eigenvalue weighted by Crippen LogP contribution is 2.42. The Bertz CT molecular complexity index is 832. The van der Waals surface area contributed by atoms with Crippen molar-refractivity contribution in [1.29, 1.82) is 0 Å². The second-order valence-electron chi connectivity index (χ2n) is 7.84. The van der Waals surface area contributed by atoms with E-state index in [1.165, 1.54) is 6.08 Å². The number of benzene rings is 1. The van der Waals surface area contributed by atoms with Crippen molar-refractivity contribution in [3.63, 3.8) is 0 Å². The maximum atomic E-state index is 12.3. The molecule has 1 aliphatic heterocycles. The third-order valence-electron chi connectivity index (χ3n) is 4.39. The Labute approximate surface area is 171 Å². The quantitative estimate of drug-likeness (QED) is 0.365. The fourth-order valence-electron chi connectivity index (χ4n) is 3.01. The fraction of sp³-hybridized carbons (Fsp3) is 0.435. The zero-order valence-electron chi connectivity index (χ0n) is 17.6. The van der Waals surface area contributed by atoms with E-state index in [2.05, 4.69) is 6.58 Å². The highest BCUT2D eigenvalue weighted by molar-refractivity contribution is 5.82. The van der Waals surface area contributed by atoms with Crippen LogP contribution in [0.3, 0.4) is 0 Å². The number of carbonyl (C=O) groups excluding carboxylic acids is 3. The van der Waals surface area contributed by atoms with Gasteiger partial charge in [0.05, 0.1) is 0 Å². The van der Waals surface area contributed by atoms with Crippen LogP contribution in [0.15, 0.2) is 42.0 Å². The van der Waals surface area contributed by atoms with Gasteiger partial charge in [0.25, 0.3) is 0 Å². The minimum absolute atomic E-state index is 0.137. The standard InChI is InChI=1S/C23H28O6/c1-13(2)9-20(25)27-16(6)17-7-8-19-18(11-17)23(22(28-19)15(5)12-24)29-21(26)10-14(3)4/h7-9,11-12,14,16,22-23H,5,10H2,1-4,6H3. The third-order valence-corrected chi connectivity index (χ3v) is 4.39. The van der Waals surface area contributed by atoms with Gasteiger partial charge in [-0.15, -0.1) is 0 Å². The Kier molecular flexibility index (Phi) is 7.37. The van der Waals surface area contributed by atoms with Gasteiger partial charge >= 0.3 is 11.9 Å². The summed E-state index contributed by atoms with van der Waals surface area (Å²) in [6, 6.07) is 5.27. The molecule has 29 heavy (non-hydrogen) atoms. The lowest BCUT2D eigenvalue weighted by atomic mass is 9.98. The number of esters is 2. The van der Waals surface area contributed by atoms with Crippen LogP contribution >= 0.6 is 0 Å². The fourth-order valence-corrected chi connectivity index (χ4v) is 3.01. The summed E-state index contributed by atoms with van der Waals surface area (Å²) in [6.45, 7) is 12.9. The van der Waals surface area contributed by atoms with Gasteiger partial charge in [-0.2, -0.15) is 0 Å². The Morgan fingerprint density at radius 1 is 1.24 bits per heavy atom. The molecule has 0 N–H and O–H groups in total. The molecule has 0 bridgehead atoms. The van der Waals surface area contributed by atoms with E-state index >= 15 is 0 Å². The molecule has 0 saturated heterocycles. The van der Waals surface area contributed by atoms with Crippen molar-refractivity contribution in [2.45, 2.75) is 59.4 Å². The molecule has 6 nitrogen and oxygen atoms in total. The SMILES string of the molecule is C=C(C=O)C1Oc2ccc(C(C)OC(=O)C=C(C)C)cc2C1OC(=O)CC(C)C. The molecule has 1 heterocycles. The van der Waals surface area contributed by atoms with E-state index in [4.69, 9.17) is 14.2 Å². The van der Waals surface area contributed by atoms with E-state index < -0.39 is 24.3 Å². The van der Waals surface area contributed by atoms with Crippen molar-refractivity contribution in [3.05, 3.63) is 53.1 Å². The monoisotopic (exact) mass is 400 g/mol. The molecule has 0 radical (unpaired) electrons. The van der Waals surface area contributed by atoms with Crippen LogP contribution in [0.4, 0.5) is 0 Å². The molecule has 0 amide bonds. The van der Waals surface area contributed by atoms with Crippen molar-refractivity contribution in [1.82, 2.24) is 0 Å². The Hall–Kier alpha value is -2.89. The van der Waals surface area contributed by atoms with E-state index in [1.807, 2.05) is 27.7 Å². The van der Waals surface area contributed by atoms with Gasteiger partial charge in [0, 0.05) is 23.6 Å². The molecule has 0 aromatic heterocycles. The van der Waals surface area contributed by atoms with Crippen LogP contribution in [0, 0.1) is 5.92 Å². The van der Waals surface area contributed by atoms with Crippen molar-refractivity contribution in [2.24, 2.45) is 5.92 Å².